The highest BCUT2D eigenvalue weighted by Gasteiger charge is 2.49. The lowest BCUT2D eigenvalue weighted by atomic mass is 10.1. The number of imidazole rings is 1. The van der Waals surface area contributed by atoms with Crippen LogP contribution in [0.5, 0.6) is 0 Å². The molecule has 7 nitrogen and oxygen atoms in total. The molecule has 1 unspecified atom stereocenters. The Labute approximate surface area is 164 Å². The van der Waals surface area contributed by atoms with E-state index >= 15 is 0 Å². The van der Waals surface area contributed by atoms with Gasteiger partial charge in [0.2, 0.25) is 0 Å². The average molecular weight is 406 g/mol. The number of aliphatic imine (C=N–C) groups is 1. The van der Waals surface area contributed by atoms with Gasteiger partial charge < -0.3 is 9.88 Å². The third kappa shape index (κ3) is 3.20. The first-order chi connectivity index (χ1) is 13.4. The minimum absolute atomic E-state index is 0.185. The lowest BCUT2D eigenvalue weighted by Crippen LogP contribution is -2.31. The molecule has 1 aliphatic heterocycles. The quantitative estimate of drug-likeness (QED) is 0.505. The van der Waals surface area contributed by atoms with Crippen LogP contribution in [0.1, 0.15) is 11.9 Å². The smallest absolute Gasteiger partial charge is 0.282 e. The minimum Gasteiger partial charge on any atom is -0.369 e. The maximum Gasteiger partial charge on any atom is 0.282 e. The van der Waals surface area contributed by atoms with Crippen molar-refractivity contribution in [2.45, 2.75) is 18.5 Å². The van der Waals surface area contributed by atoms with E-state index in [-0.39, 0.29) is 19.6 Å². The summed E-state index contributed by atoms with van der Waals surface area (Å²) < 4.78 is 31.3. The fraction of sp³-hybridized carbons (Fsp3) is 0.333. The van der Waals surface area contributed by atoms with Crippen molar-refractivity contribution in [3.63, 3.8) is 0 Å². The number of benzene rings is 1. The third-order valence-corrected chi connectivity index (χ3v) is 5.05. The normalized spacial score (nSPS) is 19.8. The summed E-state index contributed by atoms with van der Waals surface area (Å²) in [7, 11) is 1.68. The Morgan fingerprint density at radius 1 is 1.43 bits per heavy atom. The van der Waals surface area contributed by atoms with Gasteiger partial charge in [-0.1, -0.05) is 11.6 Å². The van der Waals surface area contributed by atoms with Gasteiger partial charge in [-0.25, -0.2) is 18.8 Å². The molecule has 0 aliphatic carbocycles. The van der Waals surface area contributed by atoms with E-state index in [2.05, 4.69) is 20.3 Å². The van der Waals surface area contributed by atoms with Crippen molar-refractivity contribution in [2.75, 3.05) is 20.1 Å². The molecule has 1 aliphatic rings. The number of likely N-dealkylation sites (N-methyl/N-ethyl adjacent to an activating group) is 1. The van der Waals surface area contributed by atoms with E-state index in [9.17, 15) is 8.78 Å². The van der Waals surface area contributed by atoms with Crippen LogP contribution in [0, 0.1) is 5.41 Å². The Hall–Kier alpha value is -2.65. The van der Waals surface area contributed by atoms with Crippen LogP contribution in [0.15, 0.2) is 29.4 Å². The van der Waals surface area contributed by atoms with E-state index in [1.165, 1.54) is 6.34 Å². The molecule has 2 aromatic heterocycles. The average Bonchev–Trinajstić information content (AvgIpc) is 3.13. The SMILES string of the molecule is CN1CC(n2c(CN/C=N\C=N)nc3cnc4ccc(Cl)cc4c32)C(F)(F)C1. The highest BCUT2D eigenvalue weighted by atomic mass is 35.5. The number of rotatable bonds is 5. The van der Waals surface area contributed by atoms with Gasteiger partial charge in [0.15, 0.2) is 0 Å². The van der Waals surface area contributed by atoms with Crippen molar-refractivity contribution in [1.82, 2.24) is 24.8 Å². The summed E-state index contributed by atoms with van der Waals surface area (Å²) in [6, 6.07) is 4.15. The summed E-state index contributed by atoms with van der Waals surface area (Å²) in [6.07, 6.45) is 3.81. The standard InChI is InChI=1S/C18H18ClF2N7/c1-27-7-15(18(20,21)8-27)28-16(6-23-10-24-9-22)26-14-5-25-13-3-2-11(19)4-12(13)17(14)28/h2-5,9-10,15H,6-8H2,1H3,(H2,22,23,24). The maximum atomic E-state index is 14.8. The second-order valence-electron chi connectivity index (χ2n) is 6.81. The molecule has 10 heteroatoms. The van der Waals surface area contributed by atoms with Gasteiger partial charge in [-0.15, -0.1) is 0 Å². The monoisotopic (exact) mass is 405 g/mol. The van der Waals surface area contributed by atoms with Gasteiger partial charge in [0.05, 0.1) is 36.7 Å². The lowest BCUT2D eigenvalue weighted by molar-refractivity contribution is -0.0201. The Morgan fingerprint density at radius 3 is 2.96 bits per heavy atom. The molecular formula is C18H18ClF2N7. The fourth-order valence-electron chi connectivity index (χ4n) is 3.71. The van der Waals surface area contributed by atoms with Gasteiger partial charge in [0.25, 0.3) is 5.92 Å². The highest BCUT2D eigenvalue weighted by molar-refractivity contribution is 6.31. The fourth-order valence-corrected chi connectivity index (χ4v) is 3.89. The van der Waals surface area contributed by atoms with Crippen molar-refractivity contribution in [3.8, 4) is 0 Å². The summed E-state index contributed by atoms with van der Waals surface area (Å²) in [5.41, 5.74) is 1.78. The molecular weight excluding hydrogens is 388 g/mol. The van der Waals surface area contributed by atoms with Crippen molar-refractivity contribution >= 4 is 46.2 Å². The Kier molecular flexibility index (Phi) is 4.72. The molecule has 1 fully saturated rings. The van der Waals surface area contributed by atoms with Crippen LogP contribution in [0.25, 0.3) is 21.9 Å². The minimum atomic E-state index is -2.91. The number of hydrogen-bond donors (Lipinski definition) is 2. The first-order valence-electron chi connectivity index (χ1n) is 8.66. The molecule has 4 rings (SSSR count). The van der Waals surface area contributed by atoms with Crippen molar-refractivity contribution in [1.29, 1.82) is 5.41 Å². The zero-order valence-corrected chi connectivity index (χ0v) is 15.8. The van der Waals surface area contributed by atoms with Gasteiger partial charge in [-0.3, -0.25) is 15.3 Å². The number of aromatic nitrogens is 3. The molecule has 3 heterocycles. The molecule has 0 spiro atoms. The van der Waals surface area contributed by atoms with Gasteiger partial charge in [0.1, 0.15) is 23.7 Å². The highest BCUT2D eigenvalue weighted by Crippen LogP contribution is 2.40. The third-order valence-electron chi connectivity index (χ3n) is 4.82. The second kappa shape index (κ2) is 7.06. The molecule has 0 bridgehead atoms. The number of halogens is 3. The van der Waals surface area contributed by atoms with Crippen molar-refractivity contribution < 1.29 is 8.78 Å². The van der Waals surface area contributed by atoms with Crippen LogP contribution in [-0.2, 0) is 6.54 Å². The summed E-state index contributed by atoms with van der Waals surface area (Å²) >= 11 is 6.17. The maximum absolute atomic E-state index is 14.8. The number of nitrogens with zero attached hydrogens (tertiary/aromatic N) is 5. The first-order valence-corrected chi connectivity index (χ1v) is 9.04. The zero-order valence-electron chi connectivity index (χ0n) is 15.0. The molecule has 28 heavy (non-hydrogen) atoms. The van der Waals surface area contributed by atoms with Crippen LogP contribution >= 0.6 is 11.6 Å². The lowest BCUT2D eigenvalue weighted by Gasteiger charge is -2.22. The predicted octanol–water partition coefficient (Wildman–Crippen LogP) is 3.08. The van der Waals surface area contributed by atoms with Crippen LogP contribution in [-0.4, -0.2) is 58.2 Å². The molecule has 1 atom stereocenters. The number of hydrogen-bond acceptors (Lipinski definition) is 4. The molecule has 0 radical (unpaired) electrons. The molecule has 0 saturated carbocycles. The molecule has 3 aromatic rings. The summed E-state index contributed by atoms with van der Waals surface area (Å²) in [4.78, 5) is 14.2. The summed E-state index contributed by atoms with van der Waals surface area (Å²) in [5, 5.41) is 11.0. The number of alkyl halides is 2. The largest absolute Gasteiger partial charge is 0.369 e. The van der Waals surface area contributed by atoms with Gasteiger partial charge >= 0.3 is 0 Å². The number of likely N-dealkylation sites (tertiary alicyclic amines) is 1. The summed E-state index contributed by atoms with van der Waals surface area (Å²) in [5.74, 6) is -2.46. The van der Waals surface area contributed by atoms with Crippen LogP contribution < -0.4 is 5.32 Å². The Balaban J connectivity index is 1.95. The first kappa shape index (κ1) is 18.7. The van der Waals surface area contributed by atoms with E-state index in [0.717, 1.165) is 6.34 Å². The van der Waals surface area contributed by atoms with E-state index in [1.807, 2.05) is 0 Å². The molecule has 1 aromatic carbocycles. The van der Waals surface area contributed by atoms with Crippen molar-refractivity contribution in [2.24, 2.45) is 4.99 Å². The predicted molar refractivity (Wildman–Crippen MR) is 106 cm³/mol. The molecule has 2 N–H and O–H groups in total. The van der Waals surface area contributed by atoms with E-state index in [1.54, 1.807) is 40.9 Å². The molecule has 146 valence electrons. The van der Waals surface area contributed by atoms with Gasteiger partial charge in [-0.05, 0) is 25.2 Å². The van der Waals surface area contributed by atoms with E-state index in [4.69, 9.17) is 17.0 Å². The topological polar surface area (TPSA) is 82.2 Å². The Morgan fingerprint density at radius 2 is 2.25 bits per heavy atom. The van der Waals surface area contributed by atoms with Crippen molar-refractivity contribution in [3.05, 3.63) is 35.2 Å². The zero-order chi connectivity index (χ0) is 19.9. The second-order valence-corrected chi connectivity index (χ2v) is 7.25. The van der Waals surface area contributed by atoms with Crippen LogP contribution in [0.4, 0.5) is 8.78 Å². The molecule has 0 amide bonds. The van der Waals surface area contributed by atoms with Gasteiger partial charge in [-0.2, -0.15) is 0 Å². The summed E-state index contributed by atoms with van der Waals surface area (Å²) in [6.45, 7) is 0.0675. The van der Waals surface area contributed by atoms with Crippen LogP contribution in [0.2, 0.25) is 5.02 Å². The number of pyridine rings is 1. The Bertz CT molecular complexity index is 1080. The molecule has 1 saturated heterocycles. The van der Waals surface area contributed by atoms with Gasteiger partial charge in [0, 0.05) is 17.0 Å². The van der Waals surface area contributed by atoms with E-state index < -0.39 is 12.0 Å². The van der Waals surface area contributed by atoms with E-state index in [0.29, 0.717) is 32.8 Å². The van der Waals surface area contributed by atoms with Crippen LogP contribution in [0.3, 0.4) is 0 Å². The number of fused-ring (bicyclic) bond motifs is 3. The number of nitrogens with one attached hydrogen (secondary N) is 2.